The molecule has 1 amide bonds. The zero-order chi connectivity index (χ0) is 25.2. The summed E-state index contributed by atoms with van der Waals surface area (Å²) < 4.78 is 10.5. The molecule has 2 aromatic heterocycles. The third kappa shape index (κ3) is 4.07. The molecule has 0 spiro atoms. The summed E-state index contributed by atoms with van der Waals surface area (Å²) in [5, 5.41) is 12.1. The number of nitrogens with zero attached hydrogens (tertiary/aromatic N) is 2. The van der Waals surface area contributed by atoms with Gasteiger partial charge in [-0.3, -0.25) is 14.6 Å². The van der Waals surface area contributed by atoms with E-state index in [1.165, 1.54) is 4.90 Å². The van der Waals surface area contributed by atoms with E-state index in [2.05, 4.69) is 9.97 Å². The van der Waals surface area contributed by atoms with E-state index in [1.54, 1.807) is 62.9 Å². The summed E-state index contributed by atoms with van der Waals surface area (Å²) in [5.41, 5.74) is 2.88. The summed E-state index contributed by atoms with van der Waals surface area (Å²) in [6.07, 6.45) is 3.99. The van der Waals surface area contributed by atoms with Crippen LogP contribution < -0.4 is 9.47 Å². The predicted molar refractivity (Wildman–Crippen MR) is 135 cm³/mol. The average molecular weight is 484 g/mol. The number of methoxy groups -OCH3 is 2. The van der Waals surface area contributed by atoms with E-state index in [1.807, 2.05) is 24.4 Å². The van der Waals surface area contributed by atoms with Crippen molar-refractivity contribution in [1.82, 2.24) is 14.9 Å². The minimum absolute atomic E-state index is 0.0180. The van der Waals surface area contributed by atoms with E-state index in [-0.39, 0.29) is 17.9 Å². The van der Waals surface area contributed by atoms with Crippen LogP contribution in [0, 0.1) is 0 Å². The molecule has 5 rings (SSSR count). The number of carbonyl (C=O) groups excluding carboxylic acids is 2. The maximum Gasteiger partial charge on any atom is 0.295 e. The maximum atomic E-state index is 13.2. The molecule has 2 N–H and O–H groups in total. The van der Waals surface area contributed by atoms with Crippen molar-refractivity contribution in [3.63, 3.8) is 0 Å². The summed E-state index contributed by atoms with van der Waals surface area (Å²) in [7, 11) is 3.16. The number of rotatable bonds is 7. The molecule has 2 aromatic carbocycles. The number of amides is 1. The number of aromatic nitrogens is 2. The summed E-state index contributed by atoms with van der Waals surface area (Å²) in [4.78, 5) is 35.6. The van der Waals surface area contributed by atoms with Gasteiger partial charge in [-0.25, -0.2) is 0 Å². The molecule has 36 heavy (non-hydrogen) atoms. The molecule has 0 radical (unpaired) electrons. The first kappa shape index (κ1) is 23.2. The van der Waals surface area contributed by atoms with Crippen molar-refractivity contribution in [2.75, 3.05) is 20.8 Å². The maximum absolute atomic E-state index is 13.2. The second-order valence-corrected chi connectivity index (χ2v) is 8.45. The minimum atomic E-state index is -0.812. The number of benzene rings is 2. The van der Waals surface area contributed by atoms with Crippen molar-refractivity contribution in [1.29, 1.82) is 0 Å². The lowest BCUT2D eigenvalue weighted by Crippen LogP contribution is -2.32. The number of Topliss-reactive ketones (excluding diaryl/α,β-unsaturated/α-hetero) is 1. The van der Waals surface area contributed by atoms with Crippen LogP contribution in [0.5, 0.6) is 11.5 Å². The first-order valence-corrected chi connectivity index (χ1v) is 11.5. The van der Waals surface area contributed by atoms with Crippen LogP contribution in [0.2, 0.25) is 0 Å². The molecule has 182 valence electrons. The molecule has 1 fully saturated rings. The summed E-state index contributed by atoms with van der Waals surface area (Å²) in [5.74, 6) is -0.302. The number of nitrogens with one attached hydrogen (secondary N) is 1. The van der Waals surface area contributed by atoms with E-state index in [4.69, 9.17) is 9.47 Å². The van der Waals surface area contributed by atoms with Crippen molar-refractivity contribution in [2.45, 2.75) is 12.5 Å². The van der Waals surface area contributed by atoms with Gasteiger partial charge in [0, 0.05) is 35.4 Å². The van der Waals surface area contributed by atoms with Gasteiger partial charge >= 0.3 is 0 Å². The molecule has 8 nitrogen and oxygen atoms in total. The van der Waals surface area contributed by atoms with Crippen molar-refractivity contribution in [3.05, 3.63) is 95.5 Å². The molecule has 3 heterocycles. The Morgan fingerprint density at radius 2 is 1.78 bits per heavy atom. The quantitative estimate of drug-likeness (QED) is 0.231. The van der Waals surface area contributed by atoms with Crippen LogP contribution >= 0.6 is 0 Å². The fourth-order valence-corrected chi connectivity index (χ4v) is 4.59. The summed E-state index contributed by atoms with van der Waals surface area (Å²) in [6, 6.07) is 16.9. The van der Waals surface area contributed by atoms with Gasteiger partial charge in [-0.2, -0.15) is 0 Å². The number of likely N-dealkylation sites (tertiary alicyclic amines) is 1. The molecular formula is C28H25N3O5. The smallest absolute Gasteiger partial charge is 0.295 e. The summed E-state index contributed by atoms with van der Waals surface area (Å²) in [6.45, 7) is 0.259. The number of ether oxygens (including phenoxy) is 2. The molecule has 1 aliphatic rings. The Kier molecular flexibility index (Phi) is 6.16. The van der Waals surface area contributed by atoms with Crippen molar-refractivity contribution in [2.24, 2.45) is 0 Å². The fraction of sp³-hybridized carbons (Fsp3) is 0.179. The van der Waals surface area contributed by atoms with Gasteiger partial charge in [0.15, 0.2) is 0 Å². The van der Waals surface area contributed by atoms with Gasteiger partial charge in [-0.05, 0) is 66.6 Å². The minimum Gasteiger partial charge on any atom is -0.507 e. The Morgan fingerprint density at radius 3 is 2.47 bits per heavy atom. The van der Waals surface area contributed by atoms with E-state index < -0.39 is 17.7 Å². The van der Waals surface area contributed by atoms with Gasteiger partial charge in [0.05, 0.1) is 25.5 Å². The molecule has 0 unspecified atom stereocenters. The normalized spacial score (nSPS) is 17.1. The number of hydrogen-bond acceptors (Lipinski definition) is 6. The van der Waals surface area contributed by atoms with Crippen LogP contribution in [0.3, 0.4) is 0 Å². The van der Waals surface area contributed by atoms with Gasteiger partial charge in [-0.1, -0.05) is 6.07 Å². The second-order valence-electron chi connectivity index (χ2n) is 8.45. The highest BCUT2D eigenvalue weighted by atomic mass is 16.5. The highest BCUT2D eigenvalue weighted by molar-refractivity contribution is 6.46. The molecule has 0 bridgehead atoms. The van der Waals surface area contributed by atoms with Crippen molar-refractivity contribution >= 4 is 28.4 Å². The van der Waals surface area contributed by atoms with Gasteiger partial charge in [-0.15, -0.1) is 0 Å². The molecule has 1 aliphatic heterocycles. The molecule has 1 saturated heterocycles. The number of carbonyl (C=O) groups is 2. The standard InChI is InChI=1S/C28H25N3O5/c1-35-19-8-6-17(7-9-19)26(32)24-25(23-5-3-4-13-29-23)31(28(34)27(24)33)14-12-18-16-30-22-11-10-20(36-2)15-21(18)22/h3-11,13,15-16,25,30,32H,12,14H2,1-2H3/t25-/m0/s1. The van der Waals surface area contributed by atoms with Crippen LogP contribution in [-0.2, 0) is 16.0 Å². The predicted octanol–water partition coefficient (Wildman–Crippen LogP) is 4.24. The third-order valence-corrected chi connectivity index (χ3v) is 6.47. The topological polar surface area (TPSA) is 105 Å². The average Bonchev–Trinajstić information content (AvgIpc) is 3.44. The van der Waals surface area contributed by atoms with Gasteiger partial charge < -0.3 is 24.5 Å². The first-order chi connectivity index (χ1) is 17.5. The highest BCUT2D eigenvalue weighted by Gasteiger charge is 2.46. The zero-order valence-electron chi connectivity index (χ0n) is 19.9. The van der Waals surface area contributed by atoms with Crippen LogP contribution in [-0.4, -0.2) is 52.4 Å². The number of fused-ring (bicyclic) bond motifs is 1. The zero-order valence-corrected chi connectivity index (χ0v) is 19.9. The highest BCUT2D eigenvalue weighted by Crippen LogP contribution is 2.39. The van der Waals surface area contributed by atoms with E-state index in [0.717, 1.165) is 22.2 Å². The van der Waals surface area contributed by atoms with E-state index in [9.17, 15) is 14.7 Å². The Hall–Kier alpha value is -4.59. The SMILES string of the molecule is COc1ccc(C(O)=C2C(=O)C(=O)N(CCc3c[nH]c4ccc(OC)cc34)[C@H]2c2ccccn2)cc1. The van der Waals surface area contributed by atoms with E-state index >= 15 is 0 Å². The Balaban J connectivity index is 1.53. The van der Waals surface area contributed by atoms with Crippen LogP contribution in [0.15, 0.2) is 78.6 Å². The summed E-state index contributed by atoms with van der Waals surface area (Å²) >= 11 is 0. The number of hydrogen-bond donors (Lipinski definition) is 2. The van der Waals surface area contributed by atoms with Crippen molar-refractivity contribution < 1.29 is 24.2 Å². The first-order valence-electron chi connectivity index (χ1n) is 11.5. The molecule has 1 atom stereocenters. The monoisotopic (exact) mass is 483 g/mol. The number of H-pyrrole nitrogens is 1. The lowest BCUT2D eigenvalue weighted by Gasteiger charge is -2.24. The molecule has 0 saturated carbocycles. The molecule has 8 heteroatoms. The number of aliphatic hydroxyl groups is 1. The van der Waals surface area contributed by atoms with Crippen LogP contribution in [0.25, 0.3) is 16.7 Å². The van der Waals surface area contributed by atoms with Gasteiger partial charge in [0.2, 0.25) is 0 Å². The largest absolute Gasteiger partial charge is 0.507 e. The fourth-order valence-electron chi connectivity index (χ4n) is 4.59. The van der Waals surface area contributed by atoms with Crippen LogP contribution in [0.1, 0.15) is 22.9 Å². The Labute approximate surface area is 207 Å². The van der Waals surface area contributed by atoms with Gasteiger partial charge in [0.1, 0.15) is 23.3 Å². The third-order valence-electron chi connectivity index (χ3n) is 6.47. The lowest BCUT2D eigenvalue weighted by molar-refractivity contribution is -0.139. The van der Waals surface area contributed by atoms with Crippen LogP contribution in [0.4, 0.5) is 0 Å². The Bertz CT molecular complexity index is 1460. The second kappa shape index (κ2) is 9.58. The molecule has 4 aromatic rings. The number of aromatic amines is 1. The number of aliphatic hydroxyl groups excluding tert-OH is 1. The number of ketones is 1. The molecule has 0 aliphatic carbocycles. The Morgan fingerprint density at radius 1 is 1.03 bits per heavy atom. The number of pyridine rings is 1. The van der Waals surface area contributed by atoms with Crippen molar-refractivity contribution in [3.8, 4) is 11.5 Å². The molecular weight excluding hydrogens is 458 g/mol. The van der Waals surface area contributed by atoms with Gasteiger partial charge in [0.25, 0.3) is 11.7 Å². The van der Waals surface area contributed by atoms with E-state index in [0.29, 0.717) is 23.4 Å². The lowest BCUT2D eigenvalue weighted by atomic mass is 9.98.